The van der Waals surface area contributed by atoms with Gasteiger partial charge in [0.15, 0.2) is 0 Å². The maximum absolute atomic E-state index is 5.40. The van der Waals surface area contributed by atoms with Crippen LogP contribution in [-0.2, 0) is 0 Å². The Balaban J connectivity index is 2.21. The molecule has 0 fully saturated rings. The van der Waals surface area contributed by atoms with Gasteiger partial charge >= 0.3 is 0 Å². The van der Waals surface area contributed by atoms with Crippen LogP contribution in [0.3, 0.4) is 0 Å². The molecule has 2 nitrogen and oxygen atoms in total. The SMILES string of the molecule is NCCCC#Cc1cnc2ccccc2c1. The second kappa shape index (κ2) is 5.29. The number of rotatable bonds is 2. The van der Waals surface area contributed by atoms with Crippen molar-refractivity contribution in [1.29, 1.82) is 0 Å². The van der Waals surface area contributed by atoms with Crippen LogP contribution in [0.25, 0.3) is 10.9 Å². The predicted molar refractivity (Wildman–Crippen MR) is 66.9 cm³/mol. The van der Waals surface area contributed by atoms with Gasteiger partial charge in [0, 0.05) is 23.6 Å². The Labute approximate surface area is 95.5 Å². The summed E-state index contributed by atoms with van der Waals surface area (Å²) in [6, 6.07) is 10.1. The average molecular weight is 210 g/mol. The molecule has 0 amide bonds. The maximum Gasteiger partial charge on any atom is 0.0702 e. The summed E-state index contributed by atoms with van der Waals surface area (Å²) in [4.78, 5) is 4.35. The van der Waals surface area contributed by atoms with E-state index in [1.54, 1.807) is 0 Å². The molecule has 0 aliphatic heterocycles. The first-order chi connectivity index (χ1) is 7.90. The molecule has 0 radical (unpaired) electrons. The molecule has 0 aliphatic carbocycles. The lowest BCUT2D eigenvalue weighted by atomic mass is 10.1. The Morgan fingerprint density at radius 2 is 2.12 bits per heavy atom. The molecule has 0 saturated carbocycles. The van der Waals surface area contributed by atoms with Gasteiger partial charge in [-0.05, 0) is 25.1 Å². The van der Waals surface area contributed by atoms with Gasteiger partial charge in [0.05, 0.1) is 5.52 Å². The summed E-state index contributed by atoms with van der Waals surface area (Å²) >= 11 is 0. The molecule has 0 spiro atoms. The number of hydrogen-bond acceptors (Lipinski definition) is 2. The molecule has 16 heavy (non-hydrogen) atoms. The highest BCUT2D eigenvalue weighted by atomic mass is 14.6. The van der Waals surface area contributed by atoms with Gasteiger partial charge in [-0.15, -0.1) is 0 Å². The fourth-order valence-electron chi connectivity index (χ4n) is 1.49. The molecular weight excluding hydrogens is 196 g/mol. The van der Waals surface area contributed by atoms with Crippen LogP contribution in [-0.4, -0.2) is 11.5 Å². The summed E-state index contributed by atoms with van der Waals surface area (Å²) in [6.45, 7) is 0.699. The summed E-state index contributed by atoms with van der Waals surface area (Å²) in [5.74, 6) is 6.20. The zero-order valence-electron chi connectivity index (χ0n) is 9.11. The van der Waals surface area contributed by atoms with E-state index in [2.05, 4.69) is 22.9 Å². The van der Waals surface area contributed by atoms with Crippen molar-refractivity contribution in [2.24, 2.45) is 5.73 Å². The Kier molecular flexibility index (Phi) is 3.53. The molecule has 1 aromatic carbocycles. The molecule has 2 heteroatoms. The number of nitrogens with two attached hydrogens (primary N) is 1. The molecule has 0 saturated heterocycles. The van der Waals surface area contributed by atoms with Crippen LogP contribution in [0.5, 0.6) is 0 Å². The van der Waals surface area contributed by atoms with Crippen molar-refractivity contribution in [2.75, 3.05) is 6.54 Å². The summed E-state index contributed by atoms with van der Waals surface area (Å²) in [7, 11) is 0. The fraction of sp³-hybridized carbons (Fsp3) is 0.214. The van der Waals surface area contributed by atoms with Crippen LogP contribution in [0.15, 0.2) is 36.5 Å². The first kappa shape index (κ1) is 10.7. The van der Waals surface area contributed by atoms with Gasteiger partial charge in [-0.1, -0.05) is 30.0 Å². The molecule has 2 aromatic rings. The number of pyridine rings is 1. The van der Waals surface area contributed by atoms with Gasteiger partial charge in [-0.3, -0.25) is 4.98 Å². The van der Waals surface area contributed by atoms with Crippen LogP contribution in [0, 0.1) is 11.8 Å². The maximum atomic E-state index is 5.40. The first-order valence-corrected chi connectivity index (χ1v) is 5.44. The van der Waals surface area contributed by atoms with Crippen LogP contribution in [0.4, 0.5) is 0 Å². The molecule has 2 rings (SSSR count). The van der Waals surface area contributed by atoms with Crippen LogP contribution in [0.2, 0.25) is 0 Å². The molecule has 80 valence electrons. The third-order valence-corrected chi connectivity index (χ3v) is 2.33. The standard InChI is InChI=1S/C14H14N2/c15-9-5-1-2-6-12-10-13-7-3-4-8-14(13)16-11-12/h3-4,7-8,10-11H,1,5,9,15H2. The predicted octanol–water partition coefficient (Wildman–Crippen LogP) is 2.33. The Hall–Kier alpha value is -1.85. The highest BCUT2D eigenvalue weighted by molar-refractivity contribution is 5.79. The van der Waals surface area contributed by atoms with Gasteiger partial charge in [0.25, 0.3) is 0 Å². The van der Waals surface area contributed by atoms with Crippen molar-refractivity contribution in [1.82, 2.24) is 4.98 Å². The van der Waals surface area contributed by atoms with Crippen molar-refractivity contribution < 1.29 is 0 Å². The van der Waals surface area contributed by atoms with E-state index in [9.17, 15) is 0 Å². The lowest BCUT2D eigenvalue weighted by Gasteiger charge is -1.96. The second-order valence-electron chi connectivity index (χ2n) is 3.61. The number of nitrogens with zero attached hydrogens (tertiary/aromatic N) is 1. The van der Waals surface area contributed by atoms with E-state index in [0.29, 0.717) is 6.54 Å². The quantitative estimate of drug-likeness (QED) is 0.610. The van der Waals surface area contributed by atoms with E-state index in [-0.39, 0.29) is 0 Å². The second-order valence-corrected chi connectivity index (χ2v) is 3.61. The Morgan fingerprint density at radius 1 is 1.25 bits per heavy atom. The molecule has 0 unspecified atom stereocenters. The van der Waals surface area contributed by atoms with Gasteiger partial charge in [-0.2, -0.15) is 0 Å². The van der Waals surface area contributed by atoms with Crippen molar-refractivity contribution in [3.05, 3.63) is 42.1 Å². The minimum atomic E-state index is 0.699. The van der Waals surface area contributed by atoms with E-state index < -0.39 is 0 Å². The lowest BCUT2D eigenvalue weighted by Crippen LogP contribution is -1.96. The first-order valence-electron chi connectivity index (χ1n) is 5.44. The summed E-state index contributed by atoms with van der Waals surface area (Å²) in [5, 5.41) is 1.13. The normalized spacial score (nSPS) is 9.81. The molecule has 0 aliphatic rings. The smallest absolute Gasteiger partial charge is 0.0702 e. The fourth-order valence-corrected chi connectivity index (χ4v) is 1.49. The van der Waals surface area contributed by atoms with Crippen LogP contribution < -0.4 is 5.73 Å². The van der Waals surface area contributed by atoms with E-state index in [1.807, 2.05) is 30.5 Å². The lowest BCUT2D eigenvalue weighted by molar-refractivity contribution is 0.870. The van der Waals surface area contributed by atoms with Gasteiger partial charge in [0.2, 0.25) is 0 Å². The zero-order valence-corrected chi connectivity index (χ0v) is 9.11. The Bertz CT molecular complexity index is 535. The minimum Gasteiger partial charge on any atom is -0.330 e. The number of aromatic nitrogens is 1. The summed E-state index contributed by atoms with van der Waals surface area (Å²) < 4.78 is 0. The van der Waals surface area contributed by atoms with E-state index in [0.717, 1.165) is 29.3 Å². The molecular formula is C14H14N2. The largest absolute Gasteiger partial charge is 0.330 e. The summed E-state index contributed by atoms with van der Waals surface area (Å²) in [5.41, 5.74) is 7.38. The van der Waals surface area contributed by atoms with Crippen molar-refractivity contribution in [3.8, 4) is 11.8 Å². The van der Waals surface area contributed by atoms with E-state index in [4.69, 9.17) is 5.73 Å². The van der Waals surface area contributed by atoms with E-state index >= 15 is 0 Å². The van der Waals surface area contributed by atoms with Crippen molar-refractivity contribution in [2.45, 2.75) is 12.8 Å². The molecule has 2 N–H and O–H groups in total. The minimum absolute atomic E-state index is 0.699. The number of hydrogen-bond donors (Lipinski definition) is 1. The van der Waals surface area contributed by atoms with E-state index in [1.165, 1.54) is 0 Å². The molecule has 1 aromatic heterocycles. The molecule has 0 atom stereocenters. The van der Waals surface area contributed by atoms with Crippen molar-refractivity contribution >= 4 is 10.9 Å². The molecule has 1 heterocycles. The van der Waals surface area contributed by atoms with Gasteiger partial charge < -0.3 is 5.73 Å². The molecule has 0 bridgehead atoms. The van der Waals surface area contributed by atoms with Crippen molar-refractivity contribution in [3.63, 3.8) is 0 Å². The number of benzene rings is 1. The van der Waals surface area contributed by atoms with Crippen LogP contribution >= 0.6 is 0 Å². The topological polar surface area (TPSA) is 38.9 Å². The zero-order chi connectivity index (χ0) is 11.2. The summed E-state index contributed by atoms with van der Waals surface area (Å²) in [6.07, 6.45) is 3.62. The average Bonchev–Trinajstić information content (AvgIpc) is 2.34. The Morgan fingerprint density at radius 3 is 3.00 bits per heavy atom. The number of para-hydroxylation sites is 1. The number of fused-ring (bicyclic) bond motifs is 1. The third-order valence-electron chi connectivity index (χ3n) is 2.33. The highest BCUT2D eigenvalue weighted by Gasteiger charge is 1.93. The third kappa shape index (κ3) is 2.59. The monoisotopic (exact) mass is 210 g/mol. The van der Waals surface area contributed by atoms with Gasteiger partial charge in [0.1, 0.15) is 0 Å². The highest BCUT2D eigenvalue weighted by Crippen LogP contribution is 2.11. The number of unbranched alkanes of at least 4 members (excludes halogenated alkanes) is 1. The van der Waals surface area contributed by atoms with Gasteiger partial charge in [-0.25, -0.2) is 0 Å². The van der Waals surface area contributed by atoms with Crippen LogP contribution in [0.1, 0.15) is 18.4 Å².